The molecule has 0 aliphatic carbocycles. The van der Waals surface area contributed by atoms with E-state index >= 15 is 0 Å². The zero-order valence-corrected chi connectivity index (χ0v) is 16.2. The molecule has 1 aromatic carbocycles. The van der Waals surface area contributed by atoms with Crippen LogP contribution < -0.4 is 16.8 Å². The molecule has 8 nitrogen and oxygen atoms in total. The number of hydroxylamine groups is 1. The summed E-state index contributed by atoms with van der Waals surface area (Å²) < 4.78 is 23.4. The molecule has 0 spiro atoms. The summed E-state index contributed by atoms with van der Waals surface area (Å²) in [6, 6.07) is 8.64. The number of sulfone groups is 1. The van der Waals surface area contributed by atoms with Crippen LogP contribution in [0.3, 0.4) is 0 Å². The van der Waals surface area contributed by atoms with E-state index in [1.165, 1.54) is 29.2 Å². The Bertz CT molecular complexity index is 1030. The maximum atomic E-state index is 12.4. The second-order valence-electron chi connectivity index (χ2n) is 6.71. The Kier molecular flexibility index (Phi) is 5.76. The first-order valence-electron chi connectivity index (χ1n) is 8.21. The highest BCUT2D eigenvalue weighted by Gasteiger charge is 2.43. The molecule has 27 heavy (non-hydrogen) atoms. The maximum Gasteiger partial charge on any atom is 0.264 e. The Hall–Kier alpha value is -2.65. The molecule has 0 bridgehead atoms. The van der Waals surface area contributed by atoms with Crippen molar-refractivity contribution in [3.8, 4) is 11.1 Å². The molecule has 1 aromatic heterocycles. The summed E-state index contributed by atoms with van der Waals surface area (Å²) in [7, 11) is -3.82. The highest BCUT2D eigenvalue weighted by Crippen LogP contribution is 2.24. The van der Waals surface area contributed by atoms with E-state index in [2.05, 4.69) is 0 Å². The van der Waals surface area contributed by atoms with Crippen LogP contribution in [0.1, 0.15) is 18.9 Å². The van der Waals surface area contributed by atoms with Crippen LogP contribution in [0.4, 0.5) is 5.69 Å². The van der Waals surface area contributed by atoms with Crippen molar-refractivity contribution in [3.63, 3.8) is 0 Å². The lowest BCUT2D eigenvalue weighted by Crippen LogP contribution is -2.49. The lowest BCUT2D eigenvalue weighted by molar-refractivity contribution is -0.131. The first-order valence-corrected chi connectivity index (χ1v) is 10.1. The lowest BCUT2D eigenvalue weighted by atomic mass is 10.0. The van der Waals surface area contributed by atoms with Gasteiger partial charge >= 0.3 is 0 Å². The predicted molar refractivity (Wildman–Crippen MR) is 103 cm³/mol. The number of hydrogen-bond acceptors (Lipinski definition) is 6. The van der Waals surface area contributed by atoms with Crippen molar-refractivity contribution in [2.24, 2.45) is 0 Å². The van der Waals surface area contributed by atoms with Crippen LogP contribution in [0.2, 0.25) is 0 Å². The van der Waals surface area contributed by atoms with E-state index in [9.17, 15) is 18.0 Å². The number of hydrogen-bond donors (Lipinski definition) is 3. The summed E-state index contributed by atoms with van der Waals surface area (Å²) >= 11 is 0. The summed E-state index contributed by atoms with van der Waals surface area (Å²) in [5.41, 5.74) is 9.99. The highest BCUT2D eigenvalue weighted by molar-refractivity contribution is 7.92. The highest BCUT2D eigenvalue weighted by atomic mass is 32.2. The molecule has 0 fully saturated rings. The molecular weight excluding hydrogens is 370 g/mol. The van der Waals surface area contributed by atoms with Gasteiger partial charge in [-0.3, -0.25) is 14.8 Å². The number of benzene rings is 1. The number of nitrogens with one attached hydrogen (secondary N) is 1. The van der Waals surface area contributed by atoms with Gasteiger partial charge in [0.15, 0.2) is 14.6 Å². The molecular formula is C18H23N3O5S. The van der Waals surface area contributed by atoms with Crippen LogP contribution in [-0.2, 0) is 21.2 Å². The van der Waals surface area contributed by atoms with Gasteiger partial charge in [0.2, 0.25) is 0 Å². The minimum absolute atomic E-state index is 0.00780. The second kappa shape index (κ2) is 7.53. The molecule has 4 N–H and O–H groups in total. The first-order chi connectivity index (χ1) is 12.5. The topological polar surface area (TPSA) is 131 Å². The molecule has 1 amide bonds. The second-order valence-corrected chi connectivity index (χ2v) is 9.16. The van der Waals surface area contributed by atoms with Crippen LogP contribution in [-0.4, -0.2) is 35.1 Å². The van der Waals surface area contributed by atoms with Crippen LogP contribution in [0, 0.1) is 6.92 Å². The fourth-order valence-corrected chi connectivity index (χ4v) is 3.46. The average molecular weight is 393 g/mol. The Morgan fingerprint density at radius 1 is 1.26 bits per heavy atom. The van der Waals surface area contributed by atoms with Gasteiger partial charge in [0.25, 0.3) is 11.5 Å². The third-order valence-corrected chi connectivity index (χ3v) is 6.86. The van der Waals surface area contributed by atoms with E-state index in [0.717, 1.165) is 17.4 Å². The molecule has 0 radical (unpaired) electrons. The molecule has 1 atom stereocenters. The van der Waals surface area contributed by atoms with E-state index in [1.54, 1.807) is 12.1 Å². The third-order valence-electron chi connectivity index (χ3n) is 4.84. The zero-order chi connectivity index (χ0) is 20.4. The van der Waals surface area contributed by atoms with E-state index in [0.29, 0.717) is 11.3 Å². The molecule has 0 saturated heterocycles. The Morgan fingerprint density at radius 2 is 1.89 bits per heavy atom. The SMILES string of the molecule is Cc1ccc(-c2ccn(CCC(C)(C(=O)NO)S(C)(=O)=O)c(=O)c2)cc1N. The van der Waals surface area contributed by atoms with Gasteiger partial charge in [-0.25, -0.2) is 13.9 Å². The standard InChI is InChI=1S/C18H23N3O5S/c1-12-4-5-13(10-15(12)19)14-6-8-21(16(22)11-14)9-7-18(2,17(23)20-24)27(3,25)26/h4-6,8,10-11,24H,7,9,19H2,1-3H3,(H,20,23). The number of aromatic nitrogens is 1. The number of rotatable bonds is 6. The maximum absolute atomic E-state index is 12.4. The molecule has 2 aromatic rings. The summed E-state index contributed by atoms with van der Waals surface area (Å²) in [4.78, 5) is 24.2. The Morgan fingerprint density at radius 3 is 2.41 bits per heavy atom. The van der Waals surface area contributed by atoms with Gasteiger partial charge in [0.1, 0.15) is 0 Å². The molecule has 0 aliphatic rings. The fraction of sp³-hybridized carbons (Fsp3) is 0.333. The van der Waals surface area contributed by atoms with Crippen molar-refractivity contribution in [2.75, 3.05) is 12.0 Å². The number of nitrogens with zero attached hydrogens (tertiary/aromatic N) is 1. The minimum Gasteiger partial charge on any atom is -0.398 e. The monoisotopic (exact) mass is 393 g/mol. The number of carbonyl (C=O) groups excluding carboxylic acids is 1. The quantitative estimate of drug-likeness (QED) is 0.383. The van der Waals surface area contributed by atoms with Gasteiger partial charge in [-0.1, -0.05) is 12.1 Å². The number of anilines is 1. The summed E-state index contributed by atoms with van der Waals surface area (Å²) in [6.07, 6.45) is 2.28. The number of amides is 1. The number of pyridine rings is 1. The number of carbonyl (C=O) groups is 1. The number of aryl methyl sites for hydroxylation is 2. The van der Waals surface area contributed by atoms with E-state index in [-0.39, 0.29) is 18.5 Å². The van der Waals surface area contributed by atoms with Crippen molar-refractivity contribution < 1.29 is 18.4 Å². The van der Waals surface area contributed by atoms with Gasteiger partial charge in [0.05, 0.1) is 0 Å². The van der Waals surface area contributed by atoms with Crippen molar-refractivity contribution in [3.05, 3.63) is 52.4 Å². The smallest absolute Gasteiger partial charge is 0.264 e. The summed E-state index contributed by atoms with van der Waals surface area (Å²) in [6.45, 7) is 3.09. The zero-order valence-electron chi connectivity index (χ0n) is 15.4. The molecule has 0 aliphatic heterocycles. The van der Waals surface area contributed by atoms with Crippen LogP contribution >= 0.6 is 0 Å². The van der Waals surface area contributed by atoms with Gasteiger partial charge in [-0.2, -0.15) is 0 Å². The fourth-order valence-electron chi connectivity index (χ4n) is 2.61. The predicted octanol–water partition coefficient (Wildman–Crippen LogP) is 1.10. The minimum atomic E-state index is -3.82. The lowest BCUT2D eigenvalue weighted by Gasteiger charge is -2.25. The Labute approximate surface area is 157 Å². The van der Waals surface area contributed by atoms with Crippen LogP contribution in [0.25, 0.3) is 11.1 Å². The van der Waals surface area contributed by atoms with E-state index < -0.39 is 20.5 Å². The number of nitrogen functional groups attached to an aromatic ring is 1. The van der Waals surface area contributed by atoms with Crippen LogP contribution in [0.15, 0.2) is 41.3 Å². The van der Waals surface area contributed by atoms with E-state index in [4.69, 9.17) is 10.9 Å². The molecule has 146 valence electrons. The van der Waals surface area contributed by atoms with Gasteiger partial charge < -0.3 is 10.3 Å². The molecule has 1 unspecified atom stereocenters. The molecule has 2 rings (SSSR count). The first kappa shape index (κ1) is 20.7. The summed E-state index contributed by atoms with van der Waals surface area (Å²) in [5, 5.41) is 8.85. The molecule has 9 heteroatoms. The molecule has 0 saturated carbocycles. The van der Waals surface area contributed by atoms with Gasteiger partial charge in [-0.05, 0) is 49.1 Å². The van der Waals surface area contributed by atoms with Gasteiger partial charge in [-0.15, -0.1) is 0 Å². The molecule has 1 heterocycles. The van der Waals surface area contributed by atoms with Crippen molar-refractivity contribution in [1.82, 2.24) is 10.0 Å². The average Bonchev–Trinajstić information content (AvgIpc) is 2.60. The largest absolute Gasteiger partial charge is 0.398 e. The van der Waals surface area contributed by atoms with Crippen molar-refractivity contribution >= 4 is 21.4 Å². The van der Waals surface area contributed by atoms with Crippen molar-refractivity contribution in [1.29, 1.82) is 0 Å². The number of nitrogens with two attached hydrogens (primary N) is 1. The van der Waals surface area contributed by atoms with Crippen molar-refractivity contribution in [2.45, 2.75) is 31.6 Å². The van der Waals surface area contributed by atoms with E-state index in [1.807, 2.05) is 19.1 Å². The third kappa shape index (κ3) is 4.20. The Balaban J connectivity index is 2.29. The van der Waals surface area contributed by atoms with Crippen LogP contribution in [0.5, 0.6) is 0 Å². The van der Waals surface area contributed by atoms with Gasteiger partial charge in [0, 0.05) is 30.8 Å². The normalized spacial score (nSPS) is 13.8. The summed E-state index contributed by atoms with van der Waals surface area (Å²) in [5.74, 6) is -1.04.